The first-order valence-electron chi connectivity index (χ1n) is 14.7. The van der Waals surface area contributed by atoms with Crippen LogP contribution in [0.3, 0.4) is 0 Å². The van der Waals surface area contributed by atoms with Gasteiger partial charge in [-0.25, -0.2) is 14.6 Å². The minimum Gasteiger partial charge on any atom is -0.495 e. The fourth-order valence-corrected chi connectivity index (χ4v) is 5.98. The number of anilines is 2. The molecule has 0 unspecified atom stereocenters. The van der Waals surface area contributed by atoms with E-state index in [0.29, 0.717) is 24.2 Å². The maximum atomic E-state index is 9.00. The molecular formula is C30H41N9O4. The second kappa shape index (κ2) is 13.4. The van der Waals surface area contributed by atoms with Gasteiger partial charge in [0.05, 0.1) is 30.8 Å². The molecule has 2 aliphatic rings. The summed E-state index contributed by atoms with van der Waals surface area (Å²) in [5, 5.41) is 20.8. The van der Waals surface area contributed by atoms with Crippen LogP contribution in [0.1, 0.15) is 50.1 Å². The minimum absolute atomic E-state index is 0.285. The molecule has 4 heterocycles. The lowest BCUT2D eigenvalue weighted by Gasteiger charge is -2.41. The van der Waals surface area contributed by atoms with Crippen LogP contribution in [-0.2, 0) is 11.3 Å². The van der Waals surface area contributed by atoms with Gasteiger partial charge in [0.25, 0.3) is 5.97 Å². The quantitative estimate of drug-likeness (QED) is 0.285. The number of ether oxygens (including phenoxy) is 1. The van der Waals surface area contributed by atoms with Gasteiger partial charge in [-0.15, -0.1) is 0 Å². The van der Waals surface area contributed by atoms with Crippen LogP contribution in [0.15, 0.2) is 35.1 Å². The fraction of sp³-hybridized carbons (Fsp3) is 0.500. The number of carboxylic acids is 1. The number of aromatic nitrogens is 5. The minimum atomic E-state index is -0.833. The third-order valence-corrected chi connectivity index (χ3v) is 8.20. The number of nitrogens with two attached hydrogens (primary N) is 1. The average molecular weight is 592 g/mol. The molecule has 3 aromatic heterocycles. The molecule has 0 amide bonds. The van der Waals surface area contributed by atoms with Crippen molar-refractivity contribution >= 4 is 28.5 Å². The molecule has 0 bridgehead atoms. The number of fused-ring (bicyclic) bond motifs is 1. The Balaban J connectivity index is 0.000000868. The number of rotatable bonds is 7. The van der Waals surface area contributed by atoms with Crippen molar-refractivity contribution in [2.45, 2.75) is 58.2 Å². The van der Waals surface area contributed by atoms with E-state index in [9.17, 15) is 0 Å². The van der Waals surface area contributed by atoms with Crippen molar-refractivity contribution in [3.63, 3.8) is 0 Å². The number of nitrogen functional groups attached to an aromatic ring is 1. The van der Waals surface area contributed by atoms with Crippen LogP contribution in [0.5, 0.6) is 5.75 Å². The van der Waals surface area contributed by atoms with Crippen molar-refractivity contribution < 1.29 is 19.2 Å². The first-order valence-corrected chi connectivity index (χ1v) is 14.7. The molecule has 1 aliphatic heterocycles. The van der Waals surface area contributed by atoms with E-state index in [4.69, 9.17) is 30.0 Å². The number of piperazine rings is 1. The maximum absolute atomic E-state index is 9.00. The molecule has 0 atom stereocenters. The summed E-state index contributed by atoms with van der Waals surface area (Å²) in [6.45, 7) is 8.12. The largest absolute Gasteiger partial charge is 0.495 e. The predicted molar refractivity (Wildman–Crippen MR) is 164 cm³/mol. The van der Waals surface area contributed by atoms with Crippen molar-refractivity contribution in [2.75, 3.05) is 51.4 Å². The van der Waals surface area contributed by atoms with E-state index < -0.39 is 5.97 Å². The highest BCUT2D eigenvalue weighted by atomic mass is 16.5. The molecule has 6 rings (SSSR count). The van der Waals surface area contributed by atoms with E-state index in [1.165, 1.54) is 19.2 Å². The summed E-state index contributed by atoms with van der Waals surface area (Å²) in [6.07, 6.45) is 6.03. The van der Waals surface area contributed by atoms with E-state index in [1.807, 2.05) is 31.2 Å². The number of nitrogens with one attached hydrogen (secondary N) is 1. The van der Waals surface area contributed by atoms with Crippen molar-refractivity contribution in [1.82, 2.24) is 34.7 Å². The predicted octanol–water partition coefficient (Wildman–Crippen LogP) is 3.81. The summed E-state index contributed by atoms with van der Waals surface area (Å²) in [5.41, 5.74) is 10.6. The molecule has 0 spiro atoms. The first kappa shape index (κ1) is 30.2. The summed E-state index contributed by atoms with van der Waals surface area (Å²) in [6, 6.07) is 8.86. The summed E-state index contributed by atoms with van der Waals surface area (Å²) in [7, 11) is 3.87. The molecule has 13 heteroatoms. The average Bonchev–Trinajstić information content (AvgIpc) is 3.60. The Morgan fingerprint density at radius 1 is 1.12 bits per heavy atom. The highest BCUT2D eigenvalue weighted by Gasteiger charge is 2.30. The van der Waals surface area contributed by atoms with Gasteiger partial charge < -0.3 is 30.3 Å². The molecule has 1 aromatic carbocycles. The van der Waals surface area contributed by atoms with E-state index in [2.05, 4.69) is 42.0 Å². The summed E-state index contributed by atoms with van der Waals surface area (Å²) in [5.74, 6) is 1.10. The lowest BCUT2D eigenvalue weighted by Crippen LogP contribution is -2.49. The molecule has 2 fully saturated rings. The van der Waals surface area contributed by atoms with Gasteiger partial charge in [0, 0.05) is 50.8 Å². The van der Waals surface area contributed by atoms with Crippen molar-refractivity contribution in [2.24, 2.45) is 0 Å². The third-order valence-electron chi connectivity index (χ3n) is 8.20. The number of carbonyl (C=O) groups is 1. The van der Waals surface area contributed by atoms with Gasteiger partial charge in [0.2, 0.25) is 0 Å². The Hall–Kier alpha value is -4.23. The SMILES string of the molecule is CC(=O)O.COc1cc(-c2nn(C3CCC(N4CCN(C)CC4)CC3)c3ncnc(N)c23)ccc1NCc1cc(C)on1. The molecule has 230 valence electrons. The number of benzene rings is 1. The number of methoxy groups -OCH3 is 1. The van der Waals surface area contributed by atoms with Gasteiger partial charge >= 0.3 is 0 Å². The second-order valence-corrected chi connectivity index (χ2v) is 11.3. The van der Waals surface area contributed by atoms with Gasteiger partial charge in [-0.1, -0.05) is 11.2 Å². The number of nitrogens with zero attached hydrogens (tertiary/aromatic N) is 7. The highest BCUT2D eigenvalue weighted by Crippen LogP contribution is 2.39. The highest BCUT2D eigenvalue weighted by molar-refractivity contribution is 5.98. The summed E-state index contributed by atoms with van der Waals surface area (Å²) in [4.78, 5) is 23.0. The Morgan fingerprint density at radius 3 is 2.47 bits per heavy atom. The zero-order chi connectivity index (χ0) is 30.5. The number of carboxylic acid groups (broad SMARTS) is 1. The monoisotopic (exact) mass is 591 g/mol. The molecule has 0 radical (unpaired) electrons. The molecule has 4 aromatic rings. The van der Waals surface area contributed by atoms with E-state index in [1.54, 1.807) is 7.11 Å². The van der Waals surface area contributed by atoms with Crippen LogP contribution in [0.2, 0.25) is 0 Å². The Bertz CT molecular complexity index is 1530. The topological polar surface area (TPSA) is 161 Å². The fourth-order valence-electron chi connectivity index (χ4n) is 5.98. The van der Waals surface area contributed by atoms with Crippen molar-refractivity contribution in [1.29, 1.82) is 0 Å². The Labute approximate surface area is 251 Å². The second-order valence-electron chi connectivity index (χ2n) is 11.3. The van der Waals surface area contributed by atoms with Crippen LogP contribution in [0.4, 0.5) is 11.5 Å². The van der Waals surface area contributed by atoms with Gasteiger partial charge in [-0.2, -0.15) is 5.10 Å². The van der Waals surface area contributed by atoms with Gasteiger partial charge in [-0.3, -0.25) is 9.69 Å². The van der Waals surface area contributed by atoms with E-state index in [-0.39, 0.29) is 6.04 Å². The molecule has 43 heavy (non-hydrogen) atoms. The lowest BCUT2D eigenvalue weighted by atomic mass is 9.90. The van der Waals surface area contributed by atoms with Crippen molar-refractivity contribution in [3.8, 4) is 17.0 Å². The maximum Gasteiger partial charge on any atom is 0.300 e. The zero-order valence-corrected chi connectivity index (χ0v) is 25.3. The molecule has 4 N–H and O–H groups in total. The summed E-state index contributed by atoms with van der Waals surface area (Å²) < 4.78 is 13.0. The molecule has 1 saturated carbocycles. The molecule has 1 saturated heterocycles. The third kappa shape index (κ3) is 7.05. The zero-order valence-electron chi connectivity index (χ0n) is 25.3. The number of aliphatic carboxylic acids is 1. The van der Waals surface area contributed by atoms with E-state index in [0.717, 1.165) is 85.4 Å². The smallest absolute Gasteiger partial charge is 0.300 e. The van der Waals surface area contributed by atoms with Crippen molar-refractivity contribution in [3.05, 3.63) is 42.0 Å². The normalized spacial score (nSPS) is 19.5. The molecular weight excluding hydrogens is 550 g/mol. The Kier molecular flexibility index (Phi) is 9.41. The van der Waals surface area contributed by atoms with E-state index >= 15 is 0 Å². The first-order chi connectivity index (χ1) is 20.7. The number of aryl methyl sites for hydroxylation is 1. The van der Waals surface area contributed by atoms with Crippen LogP contribution in [0, 0.1) is 6.92 Å². The van der Waals surface area contributed by atoms with Gasteiger partial charge in [-0.05, 0) is 51.8 Å². The van der Waals surface area contributed by atoms with Crippen LogP contribution in [0.25, 0.3) is 22.3 Å². The number of hydrogen-bond donors (Lipinski definition) is 3. The van der Waals surface area contributed by atoms with Crippen LogP contribution < -0.4 is 15.8 Å². The number of likely N-dealkylation sites (N-methyl/N-ethyl adjacent to an activating group) is 1. The lowest BCUT2D eigenvalue weighted by molar-refractivity contribution is -0.134. The van der Waals surface area contributed by atoms with Gasteiger partial charge in [0.15, 0.2) is 5.65 Å². The Morgan fingerprint density at radius 2 is 1.81 bits per heavy atom. The van der Waals surface area contributed by atoms with Crippen LogP contribution in [-0.4, -0.2) is 92.2 Å². The van der Waals surface area contributed by atoms with Gasteiger partial charge in [0.1, 0.15) is 35.0 Å². The number of hydrogen-bond acceptors (Lipinski definition) is 11. The summed E-state index contributed by atoms with van der Waals surface area (Å²) >= 11 is 0. The van der Waals surface area contributed by atoms with Crippen LogP contribution >= 0.6 is 0 Å². The molecule has 1 aliphatic carbocycles. The molecule has 13 nitrogen and oxygen atoms in total. The standard InChI is InChI=1S/C28H37N9O2.C2H4O2/c1-18-14-20(34-39-18)16-30-23-9-4-19(15-24(23)38-3)26-25-27(29)31-17-32-28(25)37(33-26)22-7-5-21(6-8-22)36-12-10-35(2)11-13-36;1-2(3)4/h4,9,14-15,17,21-22,30H,5-8,10-13,16H2,1-3H3,(H2,29,31,32);1H3,(H,3,4).